The molecule has 2 rings (SSSR count). The van der Waals surface area contributed by atoms with Crippen LogP contribution in [-0.2, 0) is 14.9 Å². The van der Waals surface area contributed by atoms with Crippen molar-refractivity contribution in [2.75, 3.05) is 33.4 Å². The predicted molar refractivity (Wildman–Crippen MR) is 93.9 cm³/mol. The fourth-order valence-electron chi connectivity index (χ4n) is 3.12. The van der Waals surface area contributed by atoms with E-state index < -0.39 is 5.41 Å². The average Bonchev–Trinajstić information content (AvgIpc) is 2.54. The van der Waals surface area contributed by atoms with E-state index in [-0.39, 0.29) is 11.3 Å². The topological polar surface area (TPSA) is 50.4 Å². The van der Waals surface area contributed by atoms with Gasteiger partial charge in [-0.25, -0.2) is 0 Å². The van der Waals surface area contributed by atoms with Gasteiger partial charge >= 0.3 is 0 Å². The van der Waals surface area contributed by atoms with E-state index >= 15 is 0 Å². The van der Waals surface area contributed by atoms with Crippen LogP contribution in [0.1, 0.15) is 32.3 Å². The third kappa shape index (κ3) is 4.46. The number of halogens is 1. The van der Waals surface area contributed by atoms with Crippen molar-refractivity contribution >= 4 is 17.5 Å². The van der Waals surface area contributed by atoms with Gasteiger partial charge in [0.05, 0.1) is 12.0 Å². The molecule has 1 aromatic rings. The van der Waals surface area contributed by atoms with E-state index in [0.29, 0.717) is 18.2 Å². The van der Waals surface area contributed by atoms with Crippen molar-refractivity contribution in [3.63, 3.8) is 0 Å². The monoisotopic (exact) mass is 338 g/mol. The molecule has 5 heteroatoms. The van der Waals surface area contributed by atoms with Crippen molar-refractivity contribution < 1.29 is 9.53 Å². The molecule has 0 saturated carbocycles. The Kier molecular flexibility index (Phi) is 6.06. The molecule has 0 radical (unpaired) electrons. The van der Waals surface area contributed by atoms with E-state index in [1.807, 2.05) is 38.1 Å². The number of methoxy groups -OCH3 is 1. The number of amides is 1. The van der Waals surface area contributed by atoms with Crippen LogP contribution in [0.2, 0.25) is 5.02 Å². The van der Waals surface area contributed by atoms with Crippen molar-refractivity contribution in [1.82, 2.24) is 10.6 Å². The van der Waals surface area contributed by atoms with Gasteiger partial charge in [0.15, 0.2) is 0 Å². The number of hydrogen-bond donors (Lipinski definition) is 2. The van der Waals surface area contributed by atoms with Crippen LogP contribution < -0.4 is 10.6 Å². The van der Waals surface area contributed by atoms with Gasteiger partial charge < -0.3 is 15.4 Å². The Morgan fingerprint density at radius 1 is 1.30 bits per heavy atom. The molecule has 1 saturated heterocycles. The first-order valence-corrected chi connectivity index (χ1v) is 8.51. The summed E-state index contributed by atoms with van der Waals surface area (Å²) in [6.07, 6.45) is 2.03. The molecule has 1 heterocycles. The highest BCUT2D eigenvalue weighted by molar-refractivity contribution is 6.30. The Balaban J connectivity index is 2.03. The summed E-state index contributed by atoms with van der Waals surface area (Å²) in [7, 11) is 1.73. The van der Waals surface area contributed by atoms with Crippen molar-refractivity contribution in [2.24, 2.45) is 5.41 Å². The van der Waals surface area contributed by atoms with Crippen molar-refractivity contribution in [1.29, 1.82) is 0 Å². The second-order valence-corrected chi connectivity index (χ2v) is 7.43. The summed E-state index contributed by atoms with van der Waals surface area (Å²) in [6, 6.07) is 7.48. The maximum atomic E-state index is 12.7. The molecule has 2 N–H and O–H groups in total. The molecular weight excluding hydrogens is 312 g/mol. The minimum atomic E-state index is -0.592. The van der Waals surface area contributed by atoms with Crippen LogP contribution >= 0.6 is 11.6 Å². The van der Waals surface area contributed by atoms with E-state index in [4.69, 9.17) is 16.3 Å². The predicted octanol–water partition coefficient (Wildman–Crippen LogP) is 2.75. The largest absolute Gasteiger partial charge is 0.384 e. The van der Waals surface area contributed by atoms with Gasteiger partial charge in [0.2, 0.25) is 5.91 Å². The Morgan fingerprint density at radius 3 is 2.48 bits per heavy atom. The molecule has 23 heavy (non-hydrogen) atoms. The highest BCUT2D eigenvalue weighted by Crippen LogP contribution is 2.30. The summed E-state index contributed by atoms with van der Waals surface area (Å²) in [6.45, 7) is 7.16. The second-order valence-electron chi connectivity index (χ2n) is 7.00. The van der Waals surface area contributed by atoms with Gasteiger partial charge in [0.25, 0.3) is 0 Å². The van der Waals surface area contributed by atoms with Crippen LogP contribution in [0.4, 0.5) is 0 Å². The highest BCUT2D eigenvalue weighted by Gasteiger charge is 2.35. The van der Waals surface area contributed by atoms with E-state index in [1.54, 1.807) is 7.11 Å². The molecule has 0 spiro atoms. The van der Waals surface area contributed by atoms with Crippen LogP contribution in [0.25, 0.3) is 0 Å². The number of hydrogen-bond acceptors (Lipinski definition) is 3. The normalized spacial score (nSPS) is 17.7. The standard InChI is InChI=1S/C18H27ClN2O2/c1-17(2,14-4-6-15(19)7-5-14)16(22)21-12-18(13-23-3)8-10-20-11-9-18/h4-7,20H,8-13H2,1-3H3,(H,21,22). The summed E-state index contributed by atoms with van der Waals surface area (Å²) in [5.74, 6) is 0.0360. The van der Waals surface area contributed by atoms with Gasteiger partial charge in [0, 0.05) is 24.1 Å². The van der Waals surface area contributed by atoms with E-state index in [1.165, 1.54) is 0 Å². The summed E-state index contributed by atoms with van der Waals surface area (Å²) < 4.78 is 5.41. The lowest BCUT2D eigenvalue weighted by atomic mass is 9.78. The number of benzene rings is 1. The van der Waals surface area contributed by atoms with Crippen LogP contribution in [-0.4, -0.2) is 39.3 Å². The van der Waals surface area contributed by atoms with Crippen LogP contribution in [0, 0.1) is 5.41 Å². The molecule has 0 aromatic heterocycles. The lowest BCUT2D eigenvalue weighted by Crippen LogP contribution is -2.50. The first kappa shape index (κ1) is 18.2. The first-order valence-electron chi connectivity index (χ1n) is 8.14. The lowest BCUT2D eigenvalue weighted by Gasteiger charge is -2.38. The first-order chi connectivity index (χ1) is 10.9. The quantitative estimate of drug-likeness (QED) is 0.838. The van der Waals surface area contributed by atoms with Crippen LogP contribution in [0.3, 0.4) is 0 Å². The zero-order chi connectivity index (χ0) is 16.9. The number of rotatable bonds is 6. The maximum absolute atomic E-state index is 12.7. The smallest absolute Gasteiger partial charge is 0.230 e. The summed E-state index contributed by atoms with van der Waals surface area (Å²) in [4.78, 5) is 12.7. The molecule has 4 nitrogen and oxygen atoms in total. The Morgan fingerprint density at radius 2 is 1.91 bits per heavy atom. The summed E-state index contributed by atoms with van der Waals surface area (Å²) in [5.41, 5.74) is 0.405. The maximum Gasteiger partial charge on any atom is 0.230 e. The van der Waals surface area contributed by atoms with Crippen molar-refractivity contribution in [2.45, 2.75) is 32.1 Å². The second kappa shape index (κ2) is 7.65. The van der Waals surface area contributed by atoms with Gasteiger partial charge in [-0.1, -0.05) is 23.7 Å². The number of carbonyl (C=O) groups excluding carboxylic acids is 1. The molecule has 0 bridgehead atoms. The van der Waals surface area contributed by atoms with Gasteiger partial charge in [-0.2, -0.15) is 0 Å². The molecule has 1 fully saturated rings. The van der Waals surface area contributed by atoms with Crippen molar-refractivity contribution in [3.8, 4) is 0 Å². The average molecular weight is 339 g/mol. The highest BCUT2D eigenvalue weighted by atomic mass is 35.5. The summed E-state index contributed by atoms with van der Waals surface area (Å²) in [5, 5.41) is 7.20. The Bertz CT molecular complexity index is 517. The number of piperidine rings is 1. The van der Waals surface area contributed by atoms with Gasteiger partial charge in [-0.3, -0.25) is 4.79 Å². The van der Waals surface area contributed by atoms with Crippen molar-refractivity contribution in [3.05, 3.63) is 34.9 Å². The molecule has 0 atom stereocenters. The summed E-state index contributed by atoms with van der Waals surface area (Å²) >= 11 is 5.94. The fourth-order valence-corrected chi connectivity index (χ4v) is 3.25. The van der Waals surface area contributed by atoms with Crippen LogP contribution in [0.15, 0.2) is 24.3 Å². The lowest BCUT2D eigenvalue weighted by molar-refractivity contribution is -0.126. The van der Waals surface area contributed by atoms with E-state index in [0.717, 1.165) is 31.5 Å². The minimum Gasteiger partial charge on any atom is -0.384 e. The molecule has 0 aliphatic carbocycles. The van der Waals surface area contributed by atoms with E-state index in [9.17, 15) is 4.79 Å². The third-order valence-electron chi connectivity index (χ3n) is 4.87. The Hall–Kier alpha value is -1.10. The zero-order valence-corrected chi connectivity index (χ0v) is 15.0. The number of nitrogens with one attached hydrogen (secondary N) is 2. The van der Waals surface area contributed by atoms with Crippen LogP contribution in [0.5, 0.6) is 0 Å². The molecule has 1 aliphatic rings. The SMILES string of the molecule is COCC1(CNC(=O)C(C)(C)c2ccc(Cl)cc2)CCNCC1. The van der Waals surface area contributed by atoms with E-state index in [2.05, 4.69) is 10.6 Å². The molecule has 1 aromatic carbocycles. The number of carbonyl (C=O) groups is 1. The zero-order valence-electron chi connectivity index (χ0n) is 14.2. The Labute approximate surface area is 143 Å². The van der Waals surface area contributed by atoms with Gasteiger partial charge in [0.1, 0.15) is 0 Å². The molecule has 128 valence electrons. The fraction of sp³-hybridized carbons (Fsp3) is 0.611. The molecule has 0 unspecified atom stereocenters. The minimum absolute atomic E-state index is 0.0335. The number of ether oxygens (including phenoxy) is 1. The van der Waals surface area contributed by atoms with Gasteiger partial charge in [-0.15, -0.1) is 0 Å². The molecule has 1 aliphatic heterocycles. The molecule has 1 amide bonds. The molecular formula is C18H27ClN2O2. The third-order valence-corrected chi connectivity index (χ3v) is 5.12. The van der Waals surface area contributed by atoms with Gasteiger partial charge in [-0.05, 0) is 57.5 Å².